The molecule has 0 spiro atoms. The maximum atomic E-state index is 10.5. The van der Waals surface area contributed by atoms with Gasteiger partial charge in [-0.05, 0) is 24.1 Å². The molecule has 0 unspecified atom stereocenters. The number of primary amides is 1. The molecule has 0 aliphatic carbocycles. The third-order valence-corrected chi connectivity index (χ3v) is 2.42. The molecule has 0 saturated heterocycles. The molecule has 18 heavy (non-hydrogen) atoms. The van der Waals surface area contributed by atoms with Crippen LogP contribution in [-0.4, -0.2) is 18.9 Å². The molecule has 0 saturated carbocycles. The van der Waals surface area contributed by atoms with Gasteiger partial charge in [-0.25, -0.2) is 10.2 Å². The molecule has 98 valence electrons. The van der Waals surface area contributed by atoms with Gasteiger partial charge in [-0.2, -0.15) is 5.10 Å². The summed E-state index contributed by atoms with van der Waals surface area (Å²) in [5, 5.41) is 3.72. The van der Waals surface area contributed by atoms with Gasteiger partial charge in [-0.15, -0.1) is 0 Å². The number of nitrogens with two attached hydrogens (primary N) is 1. The van der Waals surface area contributed by atoms with Gasteiger partial charge in [-0.1, -0.05) is 29.8 Å². The monoisotopic (exact) mass is 313 g/mol. The number of carbonyl (C=O) groups excluding carboxylic acids is 1. The lowest BCUT2D eigenvalue weighted by atomic mass is 10.2. The lowest BCUT2D eigenvalue weighted by Gasteiger charge is -2.11. The number of hydrogen-bond acceptors (Lipinski definition) is 3. The van der Waals surface area contributed by atoms with Crippen LogP contribution in [0.1, 0.15) is 19.4 Å². The number of ether oxygens (including phenoxy) is 1. The standard InChI is InChI=1S/C12H16BrN3O2/c1-8(2)7-18-11-4-3-10(13)5-9(11)6-15-16-12(14)17/h3-6,8H,7H2,1-2H3,(H3,14,16,17). The number of nitrogens with one attached hydrogen (secondary N) is 1. The molecule has 1 aromatic rings. The second-order valence-electron chi connectivity index (χ2n) is 4.12. The lowest BCUT2D eigenvalue weighted by molar-refractivity contribution is 0.249. The lowest BCUT2D eigenvalue weighted by Crippen LogP contribution is -2.24. The van der Waals surface area contributed by atoms with Gasteiger partial charge in [0.05, 0.1) is 12.8 Å². The Morgan fingerprint density at radius 2 is 2.33 bits per heavy atom. The molecule has 3 N–H and O–H groups in total. The van der Waals surface area contributed by atoms with Gasteiger partial charge >= 0.3 is 6.03 Å². The Morgan fingerprint density at radius 1 is 1.61 bits per heavy atom. The van der Waals surface area contributed by atoms with E-state index in [4.69, 9.17) is 10.5 Å². The van der Waals surface area contributed by atoms with Crippen LogP contribution in [0.4, 0.5) is 4.79 Å². The van der Waals surface area contributed by atoms with E-state index in [0.717, 1.165) is 10.0 Å². The van der Waals surface area contributed by atoms with Crippen LogP contribution in [0.5, 0.6) is 5.75 Å². The largest absolute Gasteiger partial charge is 0.493 e. The first-order valence-electron chi connectivity index (χ1n) is 5.50. The van der Waals surface area contributed by atoms with Crippen LogP contribution >= 0.6 is 15.9 Å². The van der Waals surface area contributed by atoms with Crippen LogP contribution < -0.4 is 15.9 Å². The summed E-state index contributed by atoms with van der Waals surface area (Å²) in [6.45, 7) is 4.76. The SMILES string of the molecule is CC(C)COc1ccc(Br)cc1C=NNC(N)=O. The van der Waals surface area contributed by atoms with E-state index in [1.54, 1.807) is 0 Å². The number of urea groups is 1. The van der Waals surface area contributed by atoms with Crippen molar-refractivity contribution in [3.63, 3.8) is 0 Å². The molecule has 0 heterocycles. The fraction of sp³-hybridized carbons (Fsp3) is 0.333. The summed E-state index contributed by atoms with van der Waals surface area (Å²) < 4.78 is 6.56. The summed E-state index contributed by atoms with van der Waals surface area (Å²) in [4.78, 5) is 10.5. The Balaban J connectivity index is 2.82. The highest BCUT2D eigenvalue weighted by Crippen LogP contribution is 2.22. The molecular formula is C12H16BrN3O2. The van der Waals surface area contributed by atoms with E-state index in [-0.39, 0.29) is 0 Å². The molecule has 1 aromatic carbocycles. The predicted octanol–water partition coefficient (Wildman–Crippen LogP) is 2.49. The van der Waals surface area contributed by atoms with Crippen LogP contribution in [0.25, 0.3) is 0 Å². The second-order valence-corrected chi connectivity index (χ2v) is 5.04. The smallest absolute Gasteiger partial charge is 0.332 e. The number of benzene rings is 1. The third kappa shape index (κ3) is 5.18. The first kappa shape index (κ1) is 14.5. The summed E-state index contributed by atoms with van der Waals surface area (Å²) in [7, 11) is 0. The summed E-state index contributed by atoms with van der Waals surface area (Å²) in [5.41, 5.74) is 7.82. The minimum absolute atomic E-state index is 0.433. The van der Waals surface area contributed by atoms with E-state index in [1.807, 2.05) is 18.2 Å². The Kier molecular flexibility index (Phi) is 5.64. The molecular weight excluding hydrogens is 298 g/mol. The number of rotatable bonds is 5. The van der Waals surface area contributed by atoms with Crippen LogP contribution in [-0.2, 0) is 0 Å². The third-order valence-electron chi connectivity index (χ3n) is 1.92. The highest BCUT2D eigenvalue weighted by Gasteiger charge is 2.04. The number of hydrazone groups is 1. The molecule has 0 atom stereocenters. The molecule has 0 bridgehead atoms. The van der Waals surface area contributed by atoms with Crippen molar-refractivity contribution in [3.05, 3.63) is 28.2 Å². The van der Waals surface area contributed by atoms with Crippen molar-refractivity contribution in [2.45, 2.75) is 13.8 Å². The maximum absolute atomic E-state index is 10.5. The van der Waals surface area contributed by atoms with Gasteiger partial charge in [0.2, 0.25) is 0 Å². The van der Waals surface area contributed by atoms with Crippen molar-refractivity contribution in [1.29, 1.82) is 0 Å². The average molecular weight is 314 g/mol. The van der Waals surface area contributed by atoms with Gasteiger partial charge in [-0.3, -0.25) is 0 Å². The van der Waals surface area contributed by atoms with Crippen LogP contribution in [0, 0.1) is 5.92 Å². The Labute approximate surface area is 115 Å². The number of amides is 2. The Bertz CT molecular complexity index is 447. The molecule has 0 fully saturated rings. The fourth-order valence-corrected chi connectivity index (χ4v) is 1.55. The van der Waals surface area contributed by atoms with Crippen molar-refractivity contribution in [1.82, 2.24) is 5.43 Å². The van der Waals surface area contributed by atoms with Gasteiger partial charge < -0.3 is 10.5 Å². The number of carbonyl (C=O) groups is 1. The summed E-state index contributed by atoms with van der Waals surface area (Å²) in [5.74, 6) is 1.14. The summed E-state index contributed by atoms with van der Waals surface area (Å²) in [6.07, 6.45) is 1.49. The molecule has 1 rings (SSSR count). The molecule has 0 aliphatic heterocycles. The van der Waals surface area contributed by atoms with Crippen LogP contribution in [0.2, 0.25) is 0 Å². The second kappa shape index (κ2) is 7.00. The van der Waals surface area contributed by atoms with Gasteiger partial charge in [0.15, 0.2) is 0 Å². The van der Waals surface area contributed by atoms with Crippen LogP contribution in [0.15, 0.2) is 27.8 Å². The molecule has 5 nitrogen and oxygen atoms in total. The van der Waals surface area contributed by atoms with Crippen molar-refractivity contribution in [2.75, 3.05) is 6.61 Å². The van der Waals surface area contributed by atoms with Crippen molar-refractivity contribution < 1.29 is 9.53 Å². The van der Waals surface area contributed by atoms with Crippen LogP contribution in [0.3, 0.4) is 0 Å². The summed E-state index contributed by atoms with van der Waals surface area (Å²) >= 11 is 3.37. The highest BCUT2D eigenvalue weighted by atomic mass is 79.9. The molecule has 0 aliphatic rings. The zero-order valence-corrected chi connectivity index (χ0v) is 11.9. The Morgan fingerprint density at radius 3 is 2.94 bits per heavy atom. The van der Waals surface area contributed by atoms with Gasteiger partial charge in [0.25, 0.3) is 0 Å². The number of nitrogens with zero attached hydrogens (tertiary/aromatic N) is 1. The normalized spacial score (nSPS) is 10.9. The van der Waals surface area contributed by atoms with Crippen molar-refractivity contribution in [3.8, 4) is 5.75 Å². The first-order valence-corrected chi connectivity index (χ1v) is 6.29. The first-order chi connectivity index (χ1) is 8.49. The average Bonchev–Trinajstić information content (AvgIpc) is 2.27. The minimum Gasteiger partial charge on any atom is -0.493 e. The molecule has 6 heteroatoms. The topological polar surface area (TPSA) is 76.7 Å². The van der Waals surface area contributed by atoms with E-state index >= 15 is 0 Å². The van der Waals surface area contributed by atoms with Gasteiger partial charge in [0.1, 0.15) is 5.75 Å². The minimum atomic E-state index is -0.703. The van der Waals surface area contributed by atoms with E-state index in [9.17, 15) is 4.79 Å². The number of hydrogen-bond donors (Lipinski definition) is 2. The maximum Gasteiger partial charge on any atom is 0.332 e. The summed E-state index contributed by atoms with van der Waals surface area (Å²) in [6, 6.07) is 4.87. The molecule has 0 aromatic heterocycles. The van der Waals surface area contributed by atoms with Crippen molar-refractivity contribution in [2.24, 2.45) is 16.8 Å². The number of halogens is 1. The zero-order valence-electron chi connectivity index (χ0n) is 10.3. The van der Waals surface area contributed by atoms with E-state index in [2.05, 4.69) is 40.3 Å². The molecule has 2 amide bonds. The predicted molar refractivity (Wildman–Crippen MR) is 74.8 cm³/mol. The quantitative estimate of drug-likeness (QED) is 0.647. The van der Waals surface area contributed by atoms with E-state index in [1.165, 1.54) is 6.21 Å². The van der Waals surface area contributed by atoms with E-state index in [0.29, 0.717) is 18.3 Å². The van der Waals surface area contributed by atoms with E-state index < -0.39 is 6.03 Å². The van der Waals surface area contributed by atoms with Crippen molar-refractivity contribution >= 4 is 28.2 Å². The zero-order chi connectivity index (χ0) is 13.5. The Hall–Kier alpha value is -1.56. The van der Waals surface area contributed by atoms with Gasteiger partial charge in [0, 0.05) is 10.0 Å². The fourth-order valence-electron chi connectivity index (χ4n) is 1.17. The molecule has 0 radical (unpaired) electrons. The highest BCUT2D eigenvalue weighted by molar-refractivity contribution is 9.10.